The van der Waals surface area contributed by atoms with Crippen LogP contribution in [0, 0.1) is 5.41 Å². The lowest BCUT2D eigenvalue weighted by molar-refractivity contribution is -0.241. The molecule has 1 heterocycles. The van der Waals surface area contributed by atoms with Crippen molar-refractivity contribution < 1.29 is 24.1 Å². The molecule has 10 heteroatoms. The van der Waals surface area contributed by atoms with Crippen LogP contribution in [0.4, 0.5) is 0 Å². The zero-order chi connectivity index (χ0) is 20.7. The van der Waals surface area contributed by atoms with Gasteiger partial charge in [0.25, 0.3) is 3.79 Å². The second-order valence-electron chi connectivity index (χ2n) is 8.22. The lowest BCUT2D eigenvalue weighted by atomic mass is 10.0. The predicted molar refractivity (Wildman–Crippen MR) is 106 cm³/mol. The highest BCUT2D eigenvalue weighted by atomic mass is 35.6. The van der Waals surface area contributed by atoms with E-state index in [9.17, 15) is 9.90 Å². The van der Waals surface area contributed by atoms with Crippen molar-refractivity contribution >= 4 is 54.7 Å². The van der Waals surface area contributed by atoms with Gasteiger partial charge in [-0.1, -0.05) is 68.7 Å². The maximum Gasteiger partial charge on any atom is 0.302 e. The van der Waals surface area contributed by atoms with Crippen LogP contribution in [0.1, 0.15) is 34.6 Å². The standard InChI is InChI=1S/C16H28Cl3NO5Si/c1-8-11(24-9(2)21)12(26(6,7)15(3,4)5)10(22)13(23-8)25-14(20)16(17,18)19/h8,10-13,20,22H,1-7H3/t8?,10-,11+,12?,13-/m1/s1. The van der Waals surface area contributed by atoms with Gasteiger partial charge < -0.3 is 19.3 Å². The molecular weight excluding hydrogens is 421 g/mol. The second kappa shape index (κ2) is 8.13. The van der Waals surface area contributed by atoms with Gasteiger partial charge in [0.1, 0.15) is 12.2 Å². The number of hydrogen-bond acceptors (Lipinski definition) is 6. The first kappa shape index (κ1) is 24.0. The van der Waals surface area contributed by atoms with Crippen LogP contribution < -0.4 is 0 Å². The Balaban J connectivity index is 3.27. The van der Waals surface area contributed by atoms with Crippen LogP contribution in [-0.4, -0.2) is 53.4 Å². The number of nitrogens with one attached hydrogen (secondary N) is 1. The molecule has 0 aromatic rings. The Morgan fingerprint density at radius 1 is 1.19 bits per heavy atom. The third-order valence-corrected chi connectivity index (χ3v) is 12.1. The summed E-state index contributed by atoms with van der Waals surface area (Å²) in [4.78, 5) is 11.6. The first-order valence-corrected chi connectivity index (χ1v) is 12.5. The Bertz CT molecular complexity index is 547. The average molecular weight is 449 g/mol. The molecule has 0 aromatic carbocycles. The van der Waals surface area contributed by atoms with Crippen LogP contribution in [0.5, 0.6) is 0 Å². The number of alkyl halides is 3. The number of carbonyl (C=O) groups excluding carboxylic acids is 1. The topological polar surface area (TPSA) is 88.8 Å². The summed E-state index contributed by atoms with van der Waals surface area (Å²) in [5.74, 6) is -1.09. The molecule has 0 bridgehead atoms. The summed E-state index contributed by atoms with van der Waals surface area (Å²) in [6.07, 6.45) is -3.54. The van der Waals surface area contributed by atoms with E-state index in [-0.39, 0.29) is 5.04 Å². The molecule has 2 unspecified atom stereocenters. The first-order valence-electron chi connectivity index (χ1n) is 8.33. The summed E-state index contributed by atoms with van der Waals surface area (Å²) in [5, 5.41) is 18.7. The van der Waals surface area contributed by atoms with E-state index in [2.05, 4.69) is 33.9 Å². The molecule has 0 saturated carbocycles. The Kier molecular flexibility index (Phi) is 7.50. The van der Waals surface area contributed by atoms with Gasteiger partial charge in [-0.25, -0.2) is 0 Å². The summed E-state index contributed by atoms with van der Waals surface area (Å²) >= 11 is 17.0. The van der Waals surface area contributed by atoms with Crippen molar-refractivity contribution in [3.63, 3.8) is 0 Å². The van der Waals surface area contributed by atoms with Crippen LogP contribution >= 0.6 is 34.8 Å². The lowest BCUT2D eigenvalue weighted by Crippen LogP contribution is -2.62. The molecule has 0 aromatic heterocycles. The predicted octanol–water partition coefficient (Wildman–Crippen LogP) is 4.27. The number of esters is 1. The average Bonchev–Trinajstić information content (AvgIpc) is 2.41. The van der Waals surface area contributed by atoms with E-state index >= 15 is 0 Å². The molecule has 6 nitrogen and oxygen atoms in total. The third-order valence-electron chi connectivity index (χ3n) is 5.37. The van der Waals surface area contributed by atoms with Crippen molar-refractivity contribution in [3.05, 3.63) is 0 Å². The molecule has 2 N–H and O–H groups in total. The summed E-state index contributed by atoms with van der Waals surface area (Å²) in [5.41, 5.74) is -0.400. The van der Waals surface area contributed by atoms with Gasteiger partial charge in [0.2, 0.25) is 12.2 Å². The molecule has 1 rings (SSSR count). The van der Waals surface area contributed by atoms with Gasteiger partial charge in [-0.15, -0.1) is 0 Å². The van der Waals surface area contributed by atoms with E-state index in [4.69, 9.17) is 54.4 Å². The van der Waals surface area contributed by atoms with Crippen molar-refractivity contribution in [1.82, 2.24) is 0 Å². The monoisotopic (exact) mass is 447 g/mol. The molecule has 1 aliphatic heterocycles. The zero-order valence-corrected chi connectivity index (χ0v) is 19.4. The Labute approximate surface area is 170 Å². The van der Waals surface area contributed by atoms with Crippen LogP contribution in [-0.2, 0) is 19.0 Å². The molecule has 1 saturated heterocycles. The molecular formula is C16H28Cl3NO5Si. The van der Waals surface area contributed by atoms with Gasteiger partial charge in [-0.3, -0.25) is 10.2 Å². The van der Waals surface area contributed by atoms with Crippen LogP contribution in [0.25, 0.3) is 0 Å². The minimum Gasteiger partial charge on any atom is -0.460 e. The van der Waals surface area contributed by atoms with E-state index in [0.29, 0.717) is 0 Å². The van der Waals surface area contributed by atoms with Crippen LogP contribution in [0.15, 0.2) is 0 Å². The summed E-state index contributed by atoms with van der Waals surface area (Å²) in [6.45, 7) is 13.6. The number of ether oxygens (including phenoxy) is 3. The quantitative estimate of drug-likeness (QED) is 0.221. The number of rotatable bonds is 3. The Hall–Kier alpha value is -0.0531. The molecule has 26 heavy (non-hydrogen) atoms. The van der Waals surface area contributed by atoms with Gasteiger partial charge in [0.15, 0.2) is 0 Å². The van der Waals surface area contributed by atoms with E-state index in [1.807, 2.05) is 0 Å². The van der Waals surface area contributed by atoms with Crippen molar-refractivity contribution in [2.75, 3.05) is 0 Å². The zero-order valence-electron chi connectivity index (χ0n) is 16.1. The molecule has 0 radical (unpaired) electrons. The number of aliphatic hydroxyl groups is 1. The fourth-order valence-corrected chi connectivity index (χ4v) is 6.31. The van der Waals surface area contributed by atoms with Gasteiger partial charge in [0, 0.05) is 12.5 Å². The molecule has 152 valence electrons. The van der Waals surface area contributed by atoms with E-state index in [0.717, 1.165) is 0 Å². The fourth-order valence-electron chi connectivity index (χ4n) is 3.00. The molecule has 1 aliphatic rings. The SMILES string of the molecule is CC(=O)O[C@H]1C(C)O[C@H](OC(=N)C(Cl)(Cl)Cl)[C@H](O)C1[Si](C)(C)C(C)(C)C. The fraction of sp³-hybridized carbons (Fsp3) is 0.875. The lowest BCUT2D eigenvalue weighted by Gasteiger charge is -2.52. The van der Waals surface area contributed by atoms with Crippen LogP contribution in [0.2, 0.25) is 23.7 Å². The number of carbonyl (C=O) groups is 1. The Morgan fingerprint density at radius 2 is 1.69 bits per heavy atom. The van der Waals surface area contributed by atoms with Crippen LogP contribution in [0.3, 0.4) is 0 Å². The van der Waals surface area contributed by atoms with E-state index in [1.165, 1.54) is 6.92 Å². The van der Waals surface area contributed by atoms with Crippen molar-refractivity contribution in [2.24, 2.45) is 0 Å². The smallest absolute Gasteiger partial charge is 0.302 e. The minimum absolute atomic E-state index is 0.110. The highest BCUT2D eigenvalue weighted by Crippen LogP contribution is 2.50. The number of aliphatic hydroxyl groups excluding tert-OH is 1. The van der Waals surface area contributed by atoms with E-state index in [1.54, 1.807) is 6.92 Å². The normalized spacial score (nSPS) is 30.7. The highest BCUT2D eigenvalue weighted by Gasteiger charge is 2.57. The summed E-state index contributed by atoms with van der Waals surface area (Å²) < 4.78 is 14.4. The molecule has 0 aliphatic carbocycles. The summed E-state index contributed by atoms with van der Waals surface area (Å²) in [7, 11) is -2.23. The first-order chi connectivity index (χ1) is 11.5. The molecule has 0 spiro atoms. The maximum atomic E-state index is 11.6. The molecule has 5 atom stereocenters. The number of hydrogen-bond donors (Lipinski definition) is 2. The second-order valence-corrected chi connectivity index (χ2v) is 16.1. The highest BCUT2D eigenvalue weighted by molar-refractivity contribution is 6.81. The third kappa shape index (κ3) is 5.26. The summed E-state index contributed by atoms with van der Waals surface area (Å²) in [6, 6.07) is 0. The van der Waals surface area contributed by atoms with E-state index < -0.39 is 53.9 Å². The van der Waals surface area contributed by atoms with Gasteiger partial charge in [0.05, 0.1) is 14.2 Å². The minimum atomic E-state index is -2.23. The maximum absolute atomic E-state index is 11.6. The van der Waals surface area contributed by atoms with Crippen molar-refractivity contribution in [3.8, 4) is 0 Å². The molecule has 0 amide bonds. The number of halogens is 3. The van der Waals surface area contributed by atoms with Gasteiger partial charge in [-0.05, 0) is 12.0 Å². The largest absolute Gasteiger partial charge is 0.460 e. The van der Waals surface area contributed by atoms with Crippen molar-refractivity contribution in [2.45, 2.75) is 86.7 Å². The Morgan fingerprint density at radius 3 is 2.08 bits per heavy atom. The van der Waals surface area contributed by atoms with Gasteiger partial charge in [-0.2, -0.15) is 0 Å². The van der Waals surface area contributed by atoms with Gasteiger partial charge >= 0.3 is 5.97 Å². The van der Waals surface area contributed by atoms with Crippen molar-refractivity contribution in [1.29, 1.82) is 5.41 Å². The molecule has 1 fully saturated rings.